The number of benzene rings is 2. The largest absolute Gasteiger partial charge is 0.497 e. The number of rotatable bonds is 7. The number of carbonyl (C=O) groups excluding carboxylic acids is 1. The topological polar surface area (TPSA) is 147 Å². The van der Waals surface area contributed by atoms with Crippen LogP contribution in [0.5, 0.6) is 11.5 Å². The number of nitrogens with one attached hydrogen (secondary N) is 2. The van der Waals surface area contributed by atoms with Crippen molar-refractivity contribution in [1.82, 2.24) is 21.1 Å². The van der Waals surface area contributed by atoms with E-state index >= 15 is 0 Å². The van der Waals surface area contributed by atoms with Gasteiger partial charge < -0.3 is 30.3 Å². The van der Waals surface area contributed by atoms with Gasteiger partial charge in [0.05, 0.1) is 36.4 Å². The van der Waals surface area contributed by atoms with Crippen LogP contribution in [0, 0.1) is 0 Å². The SMILES string of the molecule is C.CC(C)(NO)C(C)(C)NO.COc1ccc(C2N(O)C(C)(C)C(C)(C)N2O)cc1.COc1ccc(C=O)cc1. The molecule has 1 heterocycles. The Morgan fingerprint density at radius 1 is 0.750 bits per heavy atom. The zero-order chi connectivity index (χ0) is 30.2. The predicted molar refractivity (Wildman–Crippen MR) is 154 cm³/mol. The molecule has 0 unspecified atom stereocenters. The Kier molecular flexibility index (Phi) is 13.9. The molecule has 6 N–H and O–H groups in total. The Morgan fingerprint density at radius 2 is 1.07 bits per heavy atom. The van der Waals surface area contributed by atoms with Gasteiger partial charge in [0.15, 0.2) is 0 Å². The van der Waals surface area contributed by atoms with Crippen molar-refractivity contribution >= 4 is 6.29 Å². The number of aldehydes is 1. The van der Waals surface area contributed by atoms with Crippen LogP contribution in [0.15, 0.2) is 48.5 Å². The fourth-order valence-corrected chi connectivity index (χ4v) is 3.30. The van der Waals surface area contributed by atoms with Crippen LogP contribution in [0.1, 0.15) is 84.9 Å². The van der Waals surface area contributed by atoms with E-state index in [1.807, 2.05) is 52.0 Å². The van der Waals surface area contributed by atoms with Crippen LogP contribution in [0.3, 0.4) is 0 Å². The van der Waals surface area contributed by atoms with Crippen molar-refractivity contribution in [3.05, 3.63) is 59.7 Å². The van der Waals surface area contributed by atoms with Crippen molar-refractivity contribution in [1.29, 1.82) is 0 Å². The first-order valence-electron chi connectivity index (χ1n) is 12.5. The fraction of sp³-hybridized carbons (Fsp3) is 0.552. The quantitative estimate of drug-likeness (QED) is 0.192. The number of ether oxygens (including phenoxy) is 2. The number of hydrogen-bond acceptors (Lipinski definition) is 11. The Morgan fingerprint density at radius 3 is 1.35 bits per heavy atom. The first-order valence-corrected chi connectivity index (χ1v) is 12.5. The Bertz CT molecular complexity index is 992. The van der Waals surface area contributed by atoms with Gasteiger partial charge in [-0.05, 0) is 97.4 Å². The molecule has 0 spiro atoms. The molecule has 1 aliphatic rings. The molecule has 1 fully saturated rings. The van der Waals surface area contributed by atoms with Gasteiger partial charge >= 0.3 is 0 Å². The van der Waals surface area contributed by atoms with E-state index in [2.05, 4.69) is 11.0 Å². The molecular formula is C29H50N4O7. The molecule has 11 nitrogen and oxygen atoms in total. The zero-order valence-corrected chi connectivity index (χ0v) is 24.7. The lowest BCUT2D eigenvalue weighted by molar-refractivity contribution is -0.223. The summed E-state index contributed by atoms with van der Waals surface area (Å²) in [6.45, 7) is 14.7. The standard InChI is InChI=1S/C14H22N2O3.C8H8O2.C6H16N2O2.CH4/c1-13(2)14(3,4)16(18)12(15(13)17)10-6-8-11(19-5)9-7-10;1-10-8-4-2-7(6-9)3-5-8;1-5(2,7-9)6(3,4)8-10;/h6-9,12,17-18H,1-5H3;2-6H,1H3;7-10H,1-4H3;1H4. The molecule has 2 aromatic carbocycles. The molecule has 0 amide bonds. The number of nitrogens with zero attached hydrogens (tertiary/aromatic N) is 2. The molecule has 0 saturated carbocycles. The maximum absolute atomic E-state index is 10.4. The summed E-state index contributed by atoms with van der Waals surface area (Å²) in [4.78, 5) is 10.2. The van der Waals surface area contributed by atoms with Gasteiger partial charge in [0.1, 0.15) is 24.0 Å². The number of hydroxylamine groups is 6. The highest BCUT2D eigenvalue weighted by Crippen LogP contribution is 2.47. The number of hydrogen-bond donors (Lipinski definition) is 6. The normalized spacial score (nSPS) is 16.9. The van der Waals surface area contributed by atoms with Gasteiger partial charge in [-0.2, -0.15) is 21.1 Å². The highest BCUT2D eigenvalue weighted by molar-refractivity contribution is 5.74. The van der Waals surface area contributed by atoms with Crippen molar-refractivity contribution in [3.63, 3.8) is 0 Å². The van der Waals surface area contributed by atoms with Crippen LogP contribution in [0.25, 0.3) is 0 Å². The van der Waals surface area contributed by atoms with Crippen LogP contribution in [-0.4, -0.2) is 73.6 Å². The van der Waals surface area contributed by atoms with Crippen LogP contribution in [0.4, 0.5) is 0 Å². The molecule has 11 heteroatoms. The van der Waals surface area contributed by atoms with Crippen LogP contribution >= 0.6 is 0 Å². The van der Waals surface area contributed by atoms with Crippen molar-refractivity contribution in [2.75, 3.05) is 14.2 Å². The van der Waals surface area contributed by atoms with Crippen molar-refractivity contribution < 1.29 is 35.1 Å². The zero-order valence-electron chi connectivity index (χ0n) is 24.7. The third-order valence-corrected chi connectivity index (χ3v) is 7.89. The minimum atomic E-state index is -0.587. The maximum atomic E-state index is 10.4. The molecular weight excluding hydrogens is 516 g/mol. The van der Waals surface area contributed by atoms with E-state index in [1.165, 1.54) is 10.1 Å². The minimum Gasteiger partial charge on any atom is -0.497 e. The summed E-state index contributed by atoms with van der Waals surface area (Å²) in [6, 6.07) is 14.2. The van der Waals surface area contributed by atoms with Gasteiger partial charge in [0, 0.05) is 5.56 Å². The second kappa shape index (κ2) is 14.9. The summed E-state index contributed by atoms with van der Waals surface area (Å²) >= 11 is 0. The summed E-state index contributed by atoms with van der Waals surface area (Å²) in [6.07, 6.45) is 0.218. The Hall–Kier alpha value is -2.61. The van der Waals surface area contributed by atoms with E-state index in [0.717, 1.165) is 23.3 Å². The molecule has 228 valence electrons. The molecule has 1 saturated heterocycles. The molecule has 0 aliphatic carbocycles. The van der Waals surface area contributed by atoms with Crippen LogP contribution < -0.4 is 20.4 Å². The first kappa shape index (κ1) is 37.4. The summed E-state index contributed by atoms with van der Waals surface area (Å²) in [5, 5.41) is 40.5. The second-order valence-corrected chi connectivity index (χ2v) is 11.3. The van der Waals surface area contributed by atoms with Gasteiger partial charge in [-0.3, -0.25) is 4.79 Å². The summed E-state index contributed by atoms with van der Waals surface area (Å²) in [5.74, 6) is 1.51. The molecule has 0 radical (unpaired) electrons. The average molecular weight is 567 g/mol. The summed E-state index contributed by atoms with van der Waals surface area (Å²) in [5.41, 5.74) is 3.41. The average Bonchev–Trinajstić information content (AvgIpc) is 3.05. The van der Waals surface area contributed by atoms with E-state index in [9.17, 15) is 15.2 Å². The maximum Gasteiger partial charge on any atom is 0.150 e. The lowest BCUT2D eigenvalue weighted by atomic mass is 9.84. The molecule has 2 aromatic rings. The van der Waals surface area contributed by atoms with E-state index in [4.69, 9.17) is 19.9 Å². The Balaban J connectivity index is 0.000000618. The van der Waals surface area contributed by atoms with E-state index in [-0.39, 0.29) is 7.43 Å². The van der Waals surface area contributed by atoms with Crippen LogP contribution in [0.2, 0.25) is 0 Å². The molecule has 40 heavy (non-hydrogen) atoms. The second-order valence-electron chi connectivity index (χ2n) is 11.3. The molecule has 1 aliphatic heterocycles. The van der Waals surface area contributed by atoms with Gasteiger partial charge in [0.2, 0.25) is 0 Å². The minimum absolute atomic E-state index is 0. The Labute approximate surface area is 239 Å². The highest BCUT2D eigenvalue weighted by Gasteiger charge is 2.58. The first-order chi connectivity index (χ1) is 18.0. The van der Waals surface area contributed by atoms with Crippen molar-refractivity contribution in [2.45, 2.75) is 91.1 Å². The lowest BCUT2D eigenvalue weighted by Gasteiger charge is -2.38. The van der Waals surface area contributed by atoms with Gasteiger partial charge in [-0.25, -0.2) is 0 Å². The highest BCUT2D eigenvalue weighted by atomic mass is 16.6. The smallest absolute Gasteiger partial charge is 0.150 e. The summed E-state index contributed by atoms with van der Waals surface area (Å²) in [7, 11) is 3.20. The van der Waals surface area contributed by atoms with Gasteiger partial charge in [-0.15, -0.1) is 0 Å². The fourth-order valence-electron chi connectivity index (χ4n) is 3.30. The molecule has 0 bridgehead atoms. The van der Waals surface area contributed by atoms with Crippen molar-refractivity contribution in [3.8, 4) is 11.5 Å². The monoisotopic (exact) mass is 566 g/mol. The van der Waals surface area contributed by atoms with Gasteiger partial charge in [0.25, 0.3) is 0 Å². The van der Waals surface area contributed by atoms with Gasteiger partial charge in [-0.1, -0.05) is 19.6 Å². The summed E-state index contributed by atoms with van der Waals surface area (Å²) < 4.78 is 10.0. The van der Waals surface area contributed by atoms with Crippen molar-refractivity contribution in [2.24, 2.45) is 0 Å². The van der Waals surface area contributed by atoms with E-state index < -0.39 is 28.3 Å². The van der Waals surface area contributed by atoms with Crippen LogP contribution in [-0.2, 0) is 0 Å². The molecule has 0 aromatic heterocycles. The molecule has 0 atom stereocenters. The molecule has 3 rings (SSSR count). The third-order valence-electron chi connectivity index (χ3n) is 7.89. The number of methoxy groups -OCH3 is 2. The lowest BCUT2D eigenvalue weighted by Crippen LogP contribution is -2.61. The predicted octanol–water partition coefficient (Wildman–Crippen LogP) is 5.29. The third kappa shape index (κ3) is 8.21. The van der Waals surface area contributed by atoms with E-state index in [1.54, 1.807) is 66.2 Å². The van der Waals surface area contributed by atoms with E-state index in [0.29, 0.717) is 5.56 Å². The number of carbonyl (C=O) groups is 1.